The number of amides is 2. The Kier molecular flexibility index (Phi) is 5.77. The molecule has 29 heavy (non-hydrogen) atoms. The van der Waals surface area contributed by atoms with E-state index in [-0.39, 0.29) is 11.6 Å². The smallest absolute Gasteiger partial charge is 0.319 e. The van der Waals surface area contributed by atoms with Crippen LogP contribution in [0, 0.1) is 0 Å². The van der Waals surface area contributed by atoms with Crippen molar-refractivity contribution >= 4 is 11.7 Å². The van der Waals surface area contributed by atoms with Gasteiger partial charge in [-0.2, -0.15) is 0 Å². The highest BCUT2D eigenvalue weighted by Gasteiger charge is 2.32. The zero-order valence-corrected chi connectivity index (χ0v) is 17.1. The lowest BCUT2D eigenvalue weighted by molar-refractivity contribution is -0.0163. The number of hydrogen-bond acceptors (Lipinski definition) is 6. The number of nitrogens with one attached hydrogen (secondary N) is 2. The van der Waals surface area contributed by atoms with Crippen molar-refractivity contribution in [3.63, 3.8) is 0 Å². The van der Waals surface area contributed by atoms with Crippen molar-refractivity contribution in [3.8, 4) is 11.4 Å². The Morgan fingerprint density at radius 3 is 2.83 bits per heavy atom. The van der Waals surface area contributed by atoms with Gasteiger partial charge in [-0.3, -0.25) is 4.90 Å². The molecule has 2 fully saturated rings. The fraction of sp³-hybridized carbons (Fsp3) is 0.600. The van der Waals surface area contributed by atoms with E-state index in [1.54, 1.807) is 0 Å². The van der Waals surface area contributed by atoms with Crippen LogP contribution in [0.25, 0.3) is 11.4 Å². The van der Waals surface area contributed by atoms with Crippen molar-refractivity contribution in [1.29, 1.82) is 0 Å². The van der Waals surface area contributed by atoms with E-state index in [1.807, 2.05) is 28.9 Å². The second-order valence-corrected chi connectivity index (χ2v) is 8.02. The van der Waals surface area contributed by atoms with Crippen LogP contribution in [-0.2, 0) is 4.74 Å². The number of ether oxygens (including phenoxy) is 1. The Balaban J connectivity index is 1.37. The molecule has 0 bridgehead atoms. The molecule has 156 valence electrons. The van der Waals surface area contributed by atoms with E-state index in [4.69, 9.17) is 4.74 Å². The van der Waals surface area contributed by atoms with Crippen molar-refractivity contribution in [2.24, 2.45) is 0 Å². The molecule has 1 aromatic carbocycles. The van der Waals surface area contributed by atoms with E-state index in [2.05, 4.69) is 44.9 Å². The van der Waals surface area contributed by atoms with Gasteiger partial charge >= 0.3 is 6.03 Å². The minimum Gasteiger partial charge on any atom is -0.379 e. The summed E-state index contributed by atoms with van der Waals surface area (Å²) in [7, 11) is 0. The van der Waals surface area contributed by atoms with Gasteiger partial charge in [-0.15, -0.1) is 5.10 Å². The Morgan fingerprint density at radius 2 is 2.10 bits per heavy atom. The van der Waals surface area contributed by atoms with E-state index in [0.717, 1.165) is 62.6 Å². The maximum Gasteiger partial charge on any atom is 0.319 e. The number of carbonyl (C=O) groups is 1. The van der Waals surface area contributed by atoms with Crippen molar-refractivity contribution < 1.29 is 9.53 Å². The van der Waals surface area contributed by atoms with E-state index in [1.165, 1.54) is 0 Å². The van der Waals surface area contributed by atoms with E-state index in [0.29, 0.717) is 12.6 Å². The maximum absolute atomic E-state index is 12.5. The van der Waals surface area contributed by atoms with Gasteiger partial charge in [0, 0.05) is 36.4 Å². The van der Waals surface area contributed by atoms with Crippen LogP contribution < -0.4 is 10.6 Å². The molecule has 1 aliphatic carbocycles. The average molecular weight is 399 g/mol. The van der Waals surface area contributed by atoms with Crippen LogP contribution in [0.1, 0.15) is 39.2 Å². The Labute approximate surface area is 170 Å². The van der Waals surface area contributed by atoms with Crippen molar-refractivity contribution in [2.45, 2.75) is 44.7 Å². The van der Waals surface area contributed by atoms with E-state index < -0.39 is 0 Å². The van der Waals surface area contributed by atoms with Crippen molar-refractivity contribution in [2.75, 3.05) is 38.2 Å². The number of hydrogen-bond donors (Lipinski definition) is 2. The summed E-state index contributed by atoms with van der Waals surface area (Å²) in [6.07, 6.45) is 3.17. The summed E-state index contributed by atoms with van der Waals surface area (Å²) in [6, 6.07) is 7.82. The molecule has 0 radical (unpaired) electrons. The van der Waals surface area contributed by atoms with Gasteiger partial charge in [0.15, 0.2) is 5.82 Å². The minimum absolute atomic E-state index is 0.0880. The van der Waals surface area contributed by atoms with Gasteiger partial charge in [-0.1, -0.05) is 19.1 Å². The Hall–Kier alpha value is -2.52. The highest BCUT2D eigenvalue weighted by atomic mass is 16.5. The first kappa shape index (κ1) is 19.8. The van der Waals surface area contributed by atoms with Crippen LogP contribution in [0.3, 0.4) is 0 Å². The number of nitrogens with zero attached hydrogens (tertiary/aromatic N) is 5. The first-order valence-electron chi connectivity index (χ1n) is 10.3. The van der Waals surface area contributed by atoms with Crippen LogP contribution in [0.4, 0.5) is 10.5 Å². The van der Waals surface area contributed by atoms with Crippen LogP contribution in [-0.4, -0.2) is 69.5 Å². The molecule has 2 aromatic rings. The zero-order valence-electron chi connectivity index (χ0n) is 17.1. The monoisotopic (exact) mass is 399 g/mol. The number of aromatic nitrogens is 4. The summed E-state index contributed by atoms with van der Waals surface area (Å²) in [5, 5.41) is 18.0. The lowest BCUT2D eigenvalue weighted by atomic mass is 9.95. The van der Waals surface area contributed by atoms with E-state index >= 15 is 0 Å². The SMILES string of the molecule is CCC(C)(CNC(=O)Nc1cccc(-c2nnnn2C2CC2)c1)N1CCOCC1. The van der Waals surface area contributed by atoms with E-state index in [9.17, 15) is 4.79 Å². The number of anilines is 1. The Morgan fingerprint density at radius 1 is 1.31 bits per heavy atom. The highest BCUT2D eigenvalue weighted by Crippen LogP contribution is 2.36. The van der Waals surface area contributed by atoms with Crippen LogP contribution >= 0.6 is 0 Å². The summed E-state index contributed by atoms with van der Waals surface area (Å²) in [6.45, 7) is 8.20. The summed E-state index contributed by atoms with van der Waals surface area (Å²) >= 11 is 0. The largest absolute Gasteiger partial charge is 0.379 e. The fourth-order valence-electron chi connectivity index (χ4n) is 3.69. The minimum atomic E-state index is -0.211. The third kappa shape index (κ3) is 4.56. The highest BCUT2D eigenvalue weighted by molar-refractivity contribution is 5.90. The maximum atomic E-state index is 12.5. The zero-order chi connectivity index (χ0) is 20.3. The van der Waals surface area contributed by atoms with Crippen LogP contribution in [0.2, 0.25) is 0 Å². The second kappa shape index (κ2) is 8.46. The van der Waals surface area contributed by atoms with Gasteiger partial charge in [-0.25, -0.2) is 9.48 Å². The molecule has 9 heteroatoms. The molecule has 2 N–H and O–H groups in total. The Bertz CT molecular complexity index is 845. The number of carbonyl (C=O) groups excluding carboxylic acids is 1. The molecular formula is C20H29N7O2. The van der Waals surface area contributed by atoms with Crippen LogP contribution in [0.5, 0.6) is 0 Å². The lowest BCUT2D eigenvalue weighted by Crippen LogP contribution is -2.57. The molecule has 2 aliphatic rings. The number of benzene rings is 1. The third-order valence-corrected chi connectivity index (χ3v) is 5.93. The predicted molar refractivity (Wildman–Crippen MR) is 110 cm³/mol. The van der Waals surface area contributed by atoms with Gasteiger partial charge in [0.05, 0.1) is 19.3 Å². The summed E-state index contributed by atoms with van der Waals surface area (Å²) in [5.74, 6) is 0.738. The molecule has 1 atom stereocenters. The number of rotatable bonds is 7. The molecule has 1 aliphatic heterocycles. The number of tetrazole rings is 1. The fourth-order valence-corrected chi connectivity index (χ4v) is 3.69. The average Bonchev–Trinajstić information content (AvgIpc) is 3.49. The third-order valence-electron chi connectivity index (χ3n) is 5.93. The molecule has 0 spiro atoms. The van der Waals surface area contributed by atoms with Gasteiger partial charge in [0.2, 0.25) is 0 Å². The second-order valence-electron chi connectivity index (χ2n) is 8.02. The molecule has 1 saturated carbocycles. The number of morpholine rings is 1. The van der Waals surface area contributed by atoms with Gasteiger partial charge < -0.3 is 15.4 Å². The van der Waals surface area contributed by atoms with Gasteiger partial charge in [0.1, 0.15) is 0 Å². The number of urea groups is 1. The first-order chi connectivity index (χ1) is 14.1. The van der Waals surface area contributed by atoms with Gasteiger partial charge in [0.25, 0.3) is 0 Å². The summed E-state index contributed by atoms with van der Waals surface area (Å²) < 4.78 is 7.32. The van der Waals surface area contributed by atoms with Crippen LogP contribution in [0.15, 0.2) is 24.3 Å². The van der Waals surface area contributed by atoms with Gasteiger partial charge in [-0.05, 0) is 48.7 Å². The molecular weight excluding hydrogens is 370 g/mol. The molecule has 1 saturated heterocycles. The van der Waals surface area contributed by atoms with Crippen molar-refractivity contribution in [3.05, 3.63) is 24.3 Å². The molecule has 1 unspecified atom stereocenters. The lowest BCUT2D eigenvalue weighted by Gasteiger charge is -2.43. The molecule has 2 heterocycles. The molecule has 9 nitrogen and oxygen atoms in total. The molecule has 2 amide bonds. The first-order valence-corrected chi connectivity index (χ1v) is 10.3. The topological polar surface area (TPSA) is 97.2 Å². The normalized spacial score (nSPS) is 19.5. The molecule has 1 aromatic heterocycles. The molecule has 4 rings (SSSR count). The standard InChI is InChI=1S/C20H29N7O2/c1-3-20(2,26-9-11-29-12-10-26)14-21-19(28)22-16-6-4-5-15(13-16)18-23-24-25-27(18)17-7-8-17/h4-6,13,17H,3,7-12,14H2,1-2H3,(H2,21,22,28). The summed E-state index contributed by atoms with van der Waals surface area (Å²) in [4.78, 5) is 14.9. The summed E-state index contributed by atoms with van der Waals surface area (Å²) in [5.41, 5.74) is 1.52. The van der Waals surface area contributed by atoms with Crippen molar-refractivity contribution in [1.82, 2.24) is 30.4 Å². The quantitative estimate of drug-likeness (QED) is 0.741. The predicted octanol–water partition coefficient (Wildman–Crippen LogP) is 2.30.